The van der Waals surface area contributed by atoms with E-state index in [1.165, 1.54) is 43.5 Å². The monoisotopic (exact) mass is 375 g/mol. The summed E-state index contributed by atoms with van der Waals surface area (Å²) in [5.41, 5.74) is 0.593. The van der Waals surface area contributed by atoms with E-state index < -0.39 is 21.7 Å². The topological polar surface area (TPSA) is 55.4 Å². The van der Waals surface area contributed by atoms with E-state index in [1.54, 1.807) is 18.2 Å². The Morgan fingerprint density at radius 1 is 0.885 bits per heavy atom. The minimum atomic E-state index is -3.89. The number of anilines is 1. The number of ether oxygens (including phenoxy) is 1. The number of para-hydroxylation sites is 1. The SMILES string of the molecule is COc1ccc(S(=O)(=O)Nc2ccccc2-c2ccc(F)cc2F)cc1. The van der Waals surface area contributed by atoms with E-state index in [1.807, 2.05) is 0 Å². The molecule has 0 aliphatic heterocycles. The van der Waals surface area contributed by atoms with Gasteiger partial charge >= 0.3 is 0 Å². The Labute approximate surface area is 150 Å². The van der Waals surface area contributed by atoms with Crippen molar-refractivity contribution in [1.29, 1.82) is 0 Å². The van der Waals surface area contributed by atoms with Gasteiger partial charge in [0, 0.05) is 17.2 Å². The van der Waals surface area contributed by atoms with Crippen molar-refractivity contribution < 1.29 is 21.9 Å². The van der Waals surface area contributed by atoms with Crippen molar-refractivity contribution in [2.75, 3.05) is 11.8 Å². The minimum Gasteiger partial charge on any atom is -0.497 e. The average Bonchev–Trinajstić information content (AvgIpc) is 2.62. The first kappa shape index (κ1) is 17.9. The first-order valence-electron chi connectivity index (χ1n) is 7.62. The lowest BCUT2D eigenvalue weighted by Gasteiger charge is -2.13. The predicted octanol–water partition coefficient (Wildman–Crippen LogP) is 4.44. The van der Waals surface area contributed by atoms with E-state index in [2.05, 4.69) is 4.72 Å². The number of methoxy groups -OCH3 is 1. The smallest absolute Gasteiger partial charge is 0.261 e. The number of hydrogen-bond acceptors (Lipinski definition) is 3. The number of sulfonamides is 1. The second kappa shape index (κ2) is 7.13. The molecule has 0 saturated carbocycles. The van der Waals surface area contributed by atoms with E-state index in [0.717, 1.165) is 12.1 Å². The average molecular weight is 375 g/mol. The maximum atomic E-state index is 14.1. The molecule has 0 atom stereocenters. The third-order valence-corrected chi connectivity index (χ3v) is 5.14. The number of hydrogen-bond donors (Lipinski definition) is 1. The van der Waals surface area contributed by atoms with Crippen LogP contribution >= 0.6 is 0 Å². The van der Waals surface area contributed by atoms with Crippen LogP contribution in [0.4, 0.5) is 14.5 Å². The Hall–Kier alpha value is -2.93. The maximum Gasteiger partial charge on any atom is 0.261 e. The summed E-state index contributed by atoms with van der Waals surface area (Å²) in [5.74, 6) is -0.957. The molecule has 0 bridgehead atoms. The summed E-state index contributed by atoms with van der Waals surface area (Å²) < 4.78 is 60.0. The standard InChI is InChI=1S/C19H15F2NO3S/c1-25-14-7-9-15(10-8-14)26(23,24)22-19-5-3-2-4-17(19)16-11-6-13(20)12-18(16)21/h2-12,22H,1H3. The van der Waals surface area contributed by atoms with E-state index in [-0.39, 0.29) is 16.1 Å². The number of halogens is 2. The zero-order chi connectivity index (χ0) is 18.7. The zero-order valence-corrected chi connectivity index (χ0v) is 14.6. The van der Waals surface area contributed by atoms with Crippen molar-refractivity contribution in [3.05, 3.63) is 78.4 Å². The van der Waals surface area contributed by atoms with Gasteiger partial charge in [0.15, 0.2) is 0 Å². The first-order chi connectivity index (χ1) is 12.4. The Kier molecular flexibility index (Phi) is 4.90. The van der Waals surface area contributed by atoms with Gasteiger partial charge < -0.3 is 4.74 Å². The lowest BCUT2D eigenvalue weighted by atomic mass is 10.0. The minimum absolute atomic E-state index is 0.0349. The molecular weight excluding hydrogens is 360 g/mol. The van der Waals surface area contributed by atoms with Gasteiger partial charge in [-0.05, 0) is 42.5 Å². The molecule has 0 heterocycles. The fraction of sp³-hybridized carbons (Fsp3) is 0.0526. The fourth-order valence-corrected chi connectivity index (χ4v) is 3.55. The number of benzene rings is 3. The van der Waals surface area contributed by atoms with Crippen LogP contribution in [-0.2, 0) is 10.0 Å². The van der Waals surface area contributed by atoms with E-state index in [4.69, 9.17) is 4.74 Å². The molecule has 134 valence electrons. The molecule has 0 saturated heterocycles. The van der Waals surface area contributed by atoms with Gasteiger partial charge in [-0.3, -0.25) is 4.72 Å². The van der Waals surface area contributed by atoms with E-state index in [0.29, 0.717) is 11.3 Å². The molecule has 0 fully saturated rings. The lowest BCUT2D eigenvalue weighted by Crippen LogP contribution is -2.13. The highest BCUT2D eigenvalue weighted by atomic mass is 32.2. The third-order valence-electron chi connectivity index (χ3n) is 3.76. The second-order valence-corrected chi connectivity index (χ2v) is 7.13. The molecule has 0 aliphatic rings. The van der Waals surface area contributed by atoms with Crippen molar-refractivity contribution in [1.82, 2.24) is 0 Å². The van der Waals surface area contributed by atoms with Crippen LogP contribution in [-0.4, -0.2) is 15.5 Å². The molecular formula is C19H15F2NO3S. The highest BCUT2D eigenvalue weighted by Gasteiger charge is 2.18. The molecule has 7 heteroatoms. The Bertz CT molecular complexity index is 1030. The molecule has 3 aromatic carbocycles. The maximum absolute atomic E-state index is 14.1. The van der Waals surface area contributed by atoms with Gasteiger partial charge in [0.2, 0.25) is 0 Å². The molecule has 0 aliphatic carbocycles. The van der Waals surface area contributed by atoms with Crippen molar-refractivity contribution >= 4 is 15.7 Å². The third kappa shape index (κ3) is 3.67. The van der Waals surface area contributed by atoms with Gasteiger partial charge in [-0.1, -0.05) is 18.2 Å². The summed E-state index contributed by atoms with van der Waals surface area (Å²) >= 11 is 0. The van der Waals surface area contributed by atoms with Gasteiger partial charge in [-0.15, -0.1) is 0 Å². The second-order valence-electron chi connectivity index (χ2n) is 5.45. The molecule has 0 amide bonds. The predicted molar refractivity (Wildman–Crippen MR) is 95.6 cm³/mol. The molecule has 0 aromatic heterocycles. The highest BCUT2D eigenvalue weighted by Crippen LogP contribution is 2.32. The Morgan fingerprint density at radius 3 is 2.23 bits per heavy atom. The lowest BCUT2D eigenvalue weighted by molar-refractivity contribution is 0.414. The van der Waals surface area contributed by atoms with Crippen LogP contribution in [0.15, 0.2) is 71.6 Å². The van der Waals surface area contributed by atoms with Crippen molar-refractivity contribution in [2.45, 2.75) is 4.90 Å². The van der Waals surface area contributed by atoms with Gasteiger partial charge in [-0.25, -0.2) is 17.2 Å². The molecule has 0 radical (unpaired) electrons. The molecule has 0 spiro atoms. The van der Waals surface area contributed by atoms with Crippen molar-refractivity contribution in [3.8, 4) is 16.9 Å². The van der Waals surface area contributed by atoms with Crippen molar-refractivity contribution in [3.63, 3.8) is 0 Å². The normalized spacial score (nSPS) is 11.2. The highest BCUT2D eigenvalue weighted by molar-refractivity contribution is 7.92. The van der Waals surface area contributed by atoms with Crippen LogP contribution in [0.25, 0.3) is 11.1 Å². The fourth-order valence-electron chi connectivity index (χ4n) is 2.47. The molecule has 0 unspecified atom stereocenters. The Balaban J connectivity index is 2.00. The van der Waals surface area contributed by atoms with E-state index >= 15 is 0 Å². The van der Waals surface area contributed by atoms with Crippen LogP contribution < -0.4 is 9.46 Å². The number of nitrogens with one attached hydrogen (secondary N) is 1. The zero-order valence-electron chi connectivity index (χ0n) is 13.7. The van der Waals surface area contributed by atoms with Gasteiger partial charge in [-0.2, -0.15) is 0 Å². The summed E-state index contributed by atoms with van der Waals surface area (Å²) in [6.45, 7) is 0. The molecule has 26 heavy (non-hydrogen) atoms. The van der Waals surface area contributed by atoms with Crippen LogP contribution in [0.1, 0.15) is 0 Å². The summed E-state index contributed by atoms with van der Waals surface area (Å²) in [5, 5.41) is 0. The quantitative estimate of drug-likeness (QED) is 0.717. The summed E-state index contributed by atoms with van der Waals surface area (Å²) in [6.07, 6.45) is 0. The summed E-state index contributed by atoms with van der Waals surface area (Å²) in [6, 6.07) is 15.3. The van der Waals surface area contributed by atoms with Crippen LogP contribution in [0.5, 0.6) is 5.75 Å². The summed E-state index contributed by atoms with van der Waals surface area (Å²) in [7, 11) is -2.41. The van der Waals surface area contributed by atoms with Gasteiger partial charge in [0.1, 0.15) is 17.4 Å². The molecule has 3 rings (SSSR count). The molecule has 1 N–H and O–H groups in total. The van der Waals surface area contributed by atoms with Gasteiger partial charge in [0.25, 0.3) is 10.0 Å². The Morgan fingerprint density at radius 2 is 1.58 bits per heavy atom. The van der Waals surface area contributed by atoms with Crippen LogP contribution in [0.3, 0.4) is 0 Å². The van der Waals surface area contributed by atoms with Crippen molar-refractivity contribution in [2.24, 2.45) is 0 Å². The number of rotatable bonds is 5. The molecule has 3 aromatic rings. The van der Waals surface area contributed by atoms with E-state index in [9.17, 15) is 17.2 Å². The van der Waals surface area contributed by atoms with Crippen LogP contribution in [0.2, 0.25) is 0 Å². The first-order valence-corrected chi connectivity index (χ1v) is 9.10. The molecule has 4 nitrogen and oxygen atoms in total. The summed E-state index contributed by atoms with van der Waals surface area (Å²) in [4.78, 5) is 0.0349. The largest absolute Gasteiger partial charge is 0.497 e. The van der Waals surface area contributed by atoms with Crippen LogP contribution in [0, 0.1) is 11.6 Å². The van der Waals surface area contributed by atoms with Gasteiger partial charge in [0.05, 0.1) is 17.7 Å².